The van der Waals surface area contributed by atoms with Crippen molar-refractivity contribution in [1.29, 1.82) is 0 Å². The SMILES string of the molecule is CCOC(=O)c1cc(-c2csc(C3CCN(C(=O)c4ncoc4-c4ccc(Cl)cc4)CC3)n2)on1. The first kappa shape index (κ1) is 23.3. The number of carbonyl (C=O) groups excluding carboxylic acids is 2. The van der Waals surface area contributed by atoms with Gasteiger partial charge in [-0.1, -0.05) is 16.8 Å². The number of nitrogens with zero attached hydrogens (tertiary/aromatic N) is 4. The molecule has 1 aliphatic heterocycles. The fourth-order valence-corrected chi connectivity index (χ4v) is 5.08. The van der Waals surface area contributed by atoms with Crippen molar-refractivity contribution in [1.82, 2.24) is 20.0 Å². The number of thiazole rings is 1. The summed E-state index contributed by atoms with van der Waals surface area (Å²) in [5.41, 5.74) is 1.79. The highest BCUT2D eigenvalue weighted by atomic mass is 35.5. The molecule has 0 bridgehead atoms. The molecule has 1 saturated heterocycles. The van der Waals surface area contributed by atoms with E-state index in [9.17, 15) is 9.59 Å². The zero-order valence-electron chi connectivity index (χ0n) is 18.8. The van der Waals surface area contributed by atoms with E-state index in [1.807, 2.05) is 5.38 Å². The summed E-state index contributed by atoms with van der Waals surface area (Å²) in [5.74, 6) is 0.395. The molecule has 11 heteroatoms. The van der Waals surface area contributed by atoms with Gasteiger partial charge in [-0.2, -0.15) is 0 Å². The highest BCUT2D eigenvalue weighted by Gasteiger charge is 2.30. The lowest BCUT2D eigenvalue weighted by Crippen LogP contribution is -2.38. The van der Waals surface area contributed by atoms with Crippen LogP contribution < -0.4 is 0 Å². The highest BCUT2D eigenvalue weighted by Crippen LogP contribution is 2.34. The van der Waals surface area contributed by atoms with Crippen LogP contribution in [-0.2, 0) is 4.74 Å². The van der Waals surface area contributed by atoms with Crippen LogP contribution in [0.5, 0.6) is 0 Å². The molecule has 0 atom stereocenters. The fourth-order valence-electron chi connectivity index (χ4n) is 3.97. The number of ether oxygens (including phenoxy) is 1. The van der Waals surface area contributed by atoms with Crippen molar-refractivity contribution in [2.45, 2.75) is 25.7 Å². The monoisotopic (exact) mass is 512 g/mol. The maximum absolute atomic E-state index is 13.2. The summed E-state index contributed by atoms with van der Waals surface area (Å²) in [6.07, 6.45) is 2.84. The summed E-state index contributed by atoms with van der Waals surface area (Å²) in [4.78, 5) is 35.7. The number of piperidine rings is 1. The molecule has 0 saturated carbocycles. The van der Waals surface area contributed by atoms with E-state index in [2.05, 4.69) is 10.1 Å². The number of rotatable bonds is 6. The van der Waals surface area contributed by atoms with Gasteiger partial charge in [0.25, 0.3) is 5.91 Å². The third-order valence-corrected chi connectivity index (χ3v) is 7.04. The minimum Gasteiger partial charge on any atom is -0.461 e. The molecule has 0 spiro atoms. The van der Waals surface area contributed by atoms with Gasteiger partial charge in [0.2, 0.25) is 0 Å². The second-order valence-corrected chi connectivity index (χ2v) is 9.30. The van der Waals surface area contributed by atoms with E-state index in [0.29, 0.717) is 41.0 Å². The molecule has 1 aliphatic rings. The number of amides is 1. The minimum absolute atomic E-state index is 0.119. The van der Waals surface area contributed by atoms with Crippen LogP contribution in [-0.4, -0.2) is 51.6 Å². The smallest absolute Gasteiger partial charge is 0.360 e. The van der Waals surface area contributed by atoms with Crippen LogP contribution in [0.1, 0.15) is 51.7 Å². The maximum Gasteiger partial charge on any atom is 0.360 e. The number of hydrogen-bond donors (Lipinski definition) is 0. The number of benzene rings is 1. The Kier molecular flexibility index (Phi) is 6.65. The Morgan fingerprint density at radius 2 is 2.00 bits per heavy atom. The lowest BCUT2D eigenvalue weighted by atomic mass is 9.97. The number of aromatic nitrogens is 3. The molecule has 180 valence electrons. The second-order valence-electron chi connectivity index (χ2n) is 7.97. The van der Waals surface area contributed by atoms with Crippen LogP contribution >= 0.6 is 22.9 Å². The van der Waals surface area contributed by atoms with Gasteiger partial charge in [0.05, 0.1) is 11.6 Å². The summed E-state index contributed by atoms with van der Waals surface area (Å²) in [6.45, 7) is 3.16. The molecule has 4 heterocycles. The Hall–Kier alpha value is -3.50. The van der Waals surface area contributed by atoms with E-state index >= 15 is 0 Å². The summed E-state index contributed by atoms with van der Waals surface area (Å²) in [7, 11) is 0. The zero-order valence-corrected chi connectivity index (χ0v) is 20.3. The van der Waals surface area contributed by atoms with Gasteiger partial charge >= 0.3 is 5.97 Å². The van der Waals surface area contributed by atoms with E-state index in [1.165, 1.54) is 23.8 Å². The van der Waals surface area contributed by atoms with Crippen molar-refractivity contribution < 1.29 is 23.3 Å². The molecule has 0 N–H and O–H groups in total. The number of esters is 1. The molecule has 35 heavy (non-hydrogen) atoms. The van der Waals surface area contributed by atoms with Crippen LogP contribution in [0.2, 0.25) is 5.02 Å². The summed E-state index contributed by atoms with van der Waals surface area (Å²) < 4.78 is 15.7. The number of oxazole rings is 1. The van der Waals surface area contributed by atoms with E-state index in [1.54, 1.807) is 36.1 Å². The average molecular weight is 513 g/mol. The Morgan fingerprint density at radius 1 is 1.23 bits per heavy atom. The summed E-state index contributed by atoms with van der Waals surface area (Å²) in [6, 6.07) is 8.64. The standard InChI is InChI=1S/C24H21ClN4O5S/c1-2-32-24(31)17-11-19(34-28-17)18-12-35-22(27-18)15-7-9-29(10-8-15)23(30)20-21(33-13-26-20)14-3-5-16(25)6-4-14/h3-6,11-13,15H,2,7-10H2,1H3. The molecule has 4 aromatic rings. The van der Waals surface area contributed by atoms with Crippen molar-refractivity contribution in [3.05, 3.63) is 63.5 Å². The summed E-state index contributed by atoms with van der Waals surface area (Å²) in [5, 5.41) is 7.23. The van der Waals surface area contributed by atoms with Crippen LogP contribution in [0.3, 0.4) is 0 Å². The number of halogens is 1. The maximum atomic E-state index is 13.2. The molecule has 9 nitrogen and oxygen atoms in total. The van der Waals surface area contributed by atoms with Gasteiger partial charge < -0.3 is 18.6 Å². The van der Waals surface area contributed by atoms with Crippen LogP contribution in [0.15, 0.2) is 51.0 Å². The lowest BCUT2D eigenvalue weighted by molar-refractivity contribution is 0.0514. The van der Waals surface area contributed by atoms with E-state index < -0.39 is 5.97 Å². The molecular weight excluding hydrogens is 492 g/mol. The Labute approximate surface area is 209 Å². The molecule has 3 aromatic heterocycles. The van der Waals surface area contributed by atoms with Gasteiger partial charge in [-0.25, -0.2) is 14.8 Å². The molecule has 5 rings (SSSR count). The molecule has 1 fully saturated rings. The van der Waals surface area contributed by atoms with Crippen LogP contribution in [0.25, 0.3) is 22.8 Å². The van der Waals surface area contributed by atoms with Gasteiger partial charge in [-0.05, 0) is 44.0 Å². The second kappa shape index (κ2) is 10.0. The fraction of sp³-hybridized carbons (Fsp3) is 0.292. The van der Waals surface area contributed by atoms with Crippen molar-refractivity contribution in [3.63, 3.8) is 0 Å². The first-order valence-corrected chi connectivity index (χ1v) is 12.4. The quantitative estimate of drug-likeness (QED) is 0.320. The average Bonchev–Trinajstić information content (AvgIpc) is 3.65. The normalized spacial score (nSPS) is 14.3. The predicted octanol–water partition coefficient (Wildman–Crippen LogP) is 5.30. The third kappa shape index (κ3) is 4.85. The van der Waals surface area contributed by atoms with Gasteiger partial charge in [-0.15, -0.1) is 11.3 Å². The Morgan fingerprint density at radius 3 is 2.74 bits per heavy atom. The van der Waals surface area contributed by atoms with Crippen molar-refractivity contribution >= 4 is 34.8 Å². The number of likely N-dealkylation sites (tertiary alicyclic amines) is 1. The topological polar surface area (TPSA) is 112 Å². The molecule has 0 unspecified atom stereocenters. The van der Waals surface area contributed by atoms with Gasteiger partial charge in [0, 0.05) is 41.0 Å². The van der Waals surface area contributed by atoms with E-state index in [-0.39, 0.29) is 24.1 Å². The highest BCUT2D eigenvalue weighted by molar-refractivity contribution is 7.10. The van der Waals surface area contributed by atoms with Crippen molar-refractivity contribution in [2.24, 2.45) is 0 Å². The number of hydrogen-bond acceptors (Lipinski definition) is 9. The Bertz CT molecular complexity index is 1340. The predicted molar refractivity (Wildman–Crippen MR) is 128 cm³/mol. The lowest BCUT2D eigenvalue weighted by Gasteiger charge is -2.30. The Balaban J connectivity index is 1.23. The third-order valence-electron chi connectivity index (χ3n) is 5.78. The van der Waals surface area contributed by atoms with Crippen molar-refractivity contribution in [3.8, 4) is 22.8 Å². The van der Waals surface area contributed by atoms with E-state index in [0.717, 1.165) is 23.4 Å². The van der Waals surface area contributed by atoms with E-state index in [4.69, 9.17) is 30.3 Å². The van der Waals surface area contributed by atoms with Gasteiger partial charge in [-0.3, -0.25) is 4.79 Å². The molecular formula is C24H21ClN4O5S. The van der Waals surface area contributed by atoms with Gasteiger partial charge in [0.15, 0.2) is 29.3 Å². The minimum atomic E-state index is -0.527. The molecule has 0 aliphatic carbocycles. The largest absolute Gasteiger partial charge is 0.461 e. The number of carbonyl (C=O) groups is 2. The first-order chi connectivity index (χ1) is 17.0. The molecule has 0 radical (unpaired) electrons. The first-order valence-electron chi connectivity index (χ1n) is 11.1. The van der Waals surface area contributed by atoms with Crippen LogP contribution in [0.4, 0.5) is 0 Å². The van der Waals surface area contributed by atoms with Gasteiger partial charge in [0.1, 0.15) is 5.69 Å². The van der Waals surface area contributed by atoms with Crippen LogP contribution in [0, 0.1) is 0 Å². The molecule has 1 aromatic carbocycles. The molecule has 1 amide bonds. The van der Waals surface area contributed by atoms with Crippen molar-refractivity contribution in [2.75, 3.05) is 19.7 Å². The zero-order chi connectivity index (χ0) is 24.4. The summed E-state index contributed by atoms with van der Waals surface area (Å²) >= 11 is 7.50.